The number of hydrogen-bond donors (Lipinski definition) is 4. The Morgan fingerprint density at radius 2 is 1.96 bits per heavy atom. The SMILES string of the molecule is O=C(O)c1ccc2c(c1)CC[C@@H](O[C@@H]1OC[C@@H](O)[C@@H](O)[C@@H]1O)C2. The van der Waals surface area contributed by atoms with Crippen LogP contribution in [0.4, 0.5) is 0 Å². The Labute approximate surface area is 133 Å². The van der Waals surface area contributed by atoms with Crippen molar-refractivity contribution in [3.05, 3.63) is 34.9 Å². The number of aliphatic hydroxyl groups excluding tert-OH is 3. The zero-order chi connectivity index (χ0) is 16.6. The van der Waals surface area contributed by atoms with Gasteiger partial charge in [-0.05, 0) is 42.5 Å². The van der Waals surface area contributed by atoms with Gasteiger partial charge in [0.25, 0.3) is 0 Å². The maximum Gasteiger partial charge on any atom is 0.335 e. The monoisotopic (exact) mass is 324 g/mol. The smallest absolute Gasteiger partial charge is 0.335 e. The molecule has 1 fully saturated rings. The van der Waals surface area contributed by atoms with Crippen molar-refractivity contribution in [2.75, 3.05) is 6.61 Å². The lowest BCUT2D eigenvalue weighted by molar-refractivity contribution is -0.283. The quantitative estimate of drug-likeness (QED) is 0.603. The molecule has 0 radical (unpaired) electrons. The molecule has 1 aliphatic carbocycles. The molecule has 5 atom stereocenters. The fourth-order valence-electron chi connectivity index (χ4n) is 3.06. The number of aryl methyl sites for hydroxylation is 1. The first-order valence-electron chi connectivity index (χ1n) is 7.62. The van der Waals surface area contributed by atoms with E-state index >= 15 is 0 Å². The molecule has 4 N–H and O–H groups in total. The molecule has 23 heavy (non-hydrogen) atoms. The molecule has 3 rings (SSSR count). The van der Waals surface area contributed by atoms with Crippen molar-refractivity contribution >= 4 is 5.97 Å². The molecular formula is C16H20O7. The van der Waals surface area contributed by atoms with Gasteiger partial charge in [0.15, 0.2) is 6.29 Å². The molecule has 0 aromatic heterocycles. The van der Waals surface area contributed by atoms with Gasteiger partial charge in [-0.3, -0.25) is 0 Å². The lowest BCUT2D eigenvalue weighted by Crippen LogP contribution is -2.54. The van der Waals surface area contributed by atoms with Crippen LogP contribution in [0.2, 0.25) is 0 Å². The van der Waals surface area contributed by atoms with Crippen molar-refractivity contribution in [1.29, 1.82) is 0 Å². The van der Waals surface area contributed by atoms with E-state index in [4.69, 9.17) is 14.6 Å². The first-order valence-corrected chi connectivity index (χ1v) is 7.62. The van der Waals surface area contributed by atoms with E-state index in [-0.39, 0.29) is 18.3 Å². The molecule has 1 heterocycles. The number of carboxylic acids is 1. The van der Waals surface area contributed by atoms with E-state index in [1.54, 1.807) is 18.2 Å². The molecule has 0 unspecified atom stereocenters. The maximum atomic E-state index is 11.0. The molecule has 2 aliphatic rings. The van der Waals surface area contributed by atoms with Gasteiger partial charge in [0.05, 0.1) is 18.3 Å². The summed E-state index contributed by atoms with van der Waals surface area (Å²) in [6.07, 6.45) is -2.95. The summed E-state index contributed by atoms with van der Waals surface area (Å²) in [7, 11) is 0. The molecule has 7 heteroatoms. The topological polar surface area (TPSA) is 116 Å². The third-order valence-corrected chi connectivity index (χ3v) is 4.42. The van der Waals surface area contributed by atoms with Crippen LogP contribution >= 0.6 is 0 Å². The first-order chi connectivity index (χ1) is 11.0. The van der Waals surface area contributed by atoms with Crippen LogP contribution in [0, 0.1) is 0 Å². The average Bonchev–Trinajstić information content (AvgIpc) is 2.55. The van der Waals surface area contributed by atoms with Crippen molar-refractivity contribution in [3.8, 4) is 0 Å². The number of carboxylic acid groups (broad SMARTS) is 1. The minimum Gasteiger partial charge on any atom is -0.478 e. The number of aliphatic hydroxyl groups is 3. The molecule has 7 nitrogen and oxygen atoms in total. The second-order valence-corrected chi connectivity index (χ2v) is 6.04. The number of carbonyl (C=O) groups is 1. The van der Waals surface area contributed by atoms with Crippen LogP contribution in [0.15, 0.2) is 18.2 Å². The molecule has 1 aliphatic heterocycles. The minimum absolute atomic E-state index is 0.0891. The standard InChI is InChI=1S/C16H20O7/c17-12-7-22-16(14(19)13(12)18)23-11-4-3-8-5-10(15(20)21)2-1-9(8)6-11/h1-2,5,11-14,16-19H,3-4,6-7H2,(H,20,21)/t11-,12-,13-,14+,16+/m1/s1. The fraction of sp³-hybridized carbons (Fsp3) is 0.562. The lowest BCUT2D eigenvalue weighted by Gasteiger charge is -2.37. The van der Waals surface area contributed by atoms with Crippen LogP contribution in [-0.2, 0) is 22.3 Å². The van der Waals surface area contributed by atoms with Crippen molar-refractivity contribution in [1.82, 2.24) is 0 Å². The van der Waals surface area contributed by atoms with Gasteiger partial charge in [-0.25, -0.2) is 4.79 Å². The number of hydrogen-bond acceptors (Lipinski definition) is 6. The number of ether oxygens (including phenoxy) is 2. The van der Waals surface area contributed by atoms with Crippen LogP contribution in [0.5, 0.6) is 0 Å². The Balaban J connectivity index is 1.65. The van der Waals surface area contributed by atoms with Crippen LogP contribution in [0.1, 0.15) is 27.9 Å². The third-order valence-electron chi connectivity index (χ3n) is 4.42. The van der Waals surface area contributed by atoms with E-state index in [1.165, 1.54) is 0 Å². The van der Waals surface area contributed by atoms with Crippen molar-refractivity contribution in [3.63, 3.8) is 0 Å². The van der Waals surface area contributed by atoms with E-state index in [0.29, 0.717) is 19.3 Å². The van der Waals surface area contributed by atoms with Crippen molar-refractivity contribution < 1.29 is 34.7 Å². The Hall–Kier alpha value is -1.51. The Kier molecular flexibility index (Phi) is 4.65. The number of benzene rings is 1. The third kappa shape index (κ3) is 3.39. The number of fused-ring (bicyclic) bond motifs is 1. The Bertz CT molecular complexity index is 588. The molecule has 0 spiro atoms. The minimum atomic E-state index is -1.30. The van der Waals surface area contributed by atoms with Crippen LogP contribution in [-0.4, -0.2) is 63.7 Å². The predicted octanol–water partition coefficient (Wildman–Crippen LogP) is -0.302. The molecule has 0 amide bonds. The molecule has 1 aromatic rings. The summed E-state index contributed by atoms with van der Waals surface area (Å²) in [6, 6.07) is 5.03. The predicted molar refractivity (Wildman–Crippen MR) is 78.1 cm³/mol. The number of aromatic carboxylic acids is 1. The average molecular weight is 324 g/mol. The highest BCUT2D eigenvalue weighted by molar-refractivity contribution is 5.87. The van der Waals surface area contributed by atoms with Crippen molar-refractivity contribution in [2.24, 2.45) is 0 Å². The summed E-state index contributed by atoms with van der Waals surface area (Å²) in [5.74, 6) is -0.947. The van der Waals surface area contributed by atoms with Crippen molar-refractivity contribution in [2.45, 2.75) is 50.0 Å². The van der Waals surface area contributed by atoms with Gasteiger partial charge in [-0.1, -0.05) is 6.07 Å². The highest BCUT2D eigenvalue weighted by Crippen LogP contribution is 2.27. The highest BCUT2D eigenvalue weighted by Gasteiger charge is 2.39. The summed E-state index contributed by atoms with van der Waals surface area (Å²) in [4.78, 5) is 11.0. The first kappa shape index (κ1) is 16.4. The lowest BCUT2D eigenvalue weighted by atomic mass is 9.88. The normalized spacial score (nSPS) is 34.0. The van der Waals surface area contributed by atoms with Gasteiger partial charge in [-0.2, -0.15) is 0 Å². The fourth-order valence-corrected chi connectivity index (χ4v) is 3.06. The van der Waals surface area contributed by atoms with E-state index < -0.39 is 30.6 Å². The summed E-state index contributed by atoms with van der Waals surface area (Å²) in [5, 5.41) is 38.0. The van der Waals surface area contributed by atoms with Crippen LogP contribution in [0.3, 0.4) is 0 Å². The van der Waals surface area contributed by atoms with Gasteiger partial charge in [0.2, 0.25) is 0 Å². The van der Waals surface area contributed by atoms with Gasteiger partial charge in [-0.15, -0.1) is 0 Å². The van der Waals surface area contributed by atoms with Gasteiger partial charge >= 0.3 is 5.97 Å². The Morgan fingerprint density at radius 1 is 1.17 bits per heavy atom. The number of rotatable bonds is 3. The molecule has 1 saturated heterocycles. The van der Waals surface area contributed by atoms with E-state index in [0.717, 1.165) is 11.1 Å². The summed E-state index contributed by atoms with van der Waals surface area (Å²) in [6.45, 7) is -0.0891. The summed E-state index contributed by atoms with van der Waals surface area (Å²) in [5.41, 5.74) is 2.27. The van der Waals surface area contributed by atoms with E-state index in [9.17, 15) is 20.1 Å². The molecular weight excluding hydrogens is 304 g/mol. The molecule has 0 saturated carbocycles. The second kappa shape index (κ2) is 6.54. The summed E-state index contributed by atoms with van der Waals surface area (Å²) >= 11 is 0. The van der Waals surface area contributed by atoms with E-state index in [1.807, 2.05) is 0 Å². The van der Waals surface area contributed by atoms with Crippen LogP contribution < -0.4 is 0 Å². The summed E-state index contributed by atoms with van der Waals surface area (Å²) < 4.78 is 11.0. The molecule has 126 valence electrons. The van der Waals surface area contributed by atoms with Gasteiger partial charge in [0.1, 0.15) is 18.3 Å². The Morgan fingerprint density at radius 3 is 2.70 bits per heavy atom. The zero-order valence-corrected chi connectivity index (χ0v) is 12.5. The van der Waals surface area contributed by atoms with Gasteiger partial charge in [0, 0.05) is 0 Å². The maximum absolute atomic E-state index is 11.0. The highest BCUT2D eigenvalue weighted by atomic mass is 16.7. The van der Waals surface area contributed by atoms with E-state index in [2.05, 4.69) is 0 Å². The van der Waals surface area contributed by atoms with Gasteiger partial charge < -0.3 is 29.9 Å². The molecule has 0 bridgehead atoms. The second-order valence-electron chi connectivity index (χ2n) is 6.04. The largest absolute Gasteiger partial charge is 0.478 e. The molecule has 1 aromatic carbocycles. The zero-order valence-electron chi connectivity index (χ0n) is 12.5. The van der Waals surface area contributed by atoms with Crippen LogP contribution in [0.25, 0.3) is 0 Å².